The normalized spacial score (nSPS) is 11.6. The zero-order chi connectivity index (χ0) is 25.8. The second kappa shape index (κ2) is 8.72. The number of anilines is 3. The molecule has 0 amide bonds. The summed E-state index contributed by atoms with van der Waals surface area (Å²) >= 11 is 0. The van der Waals surface area contributed by atoms with E-state index in [1.165, 1.54) is 59.5 Å². The number of rotatable bonds is 3. The van der Waals surface area contributed by atoms with E-state index in [-0.39, 0.29) is 0 Å². The predicted octanol–water partition coefficient (Wildman–Crippen LogP) is 10.9. The van der Waals surface area contributed by atoms with Gasteiger partial charge in [0.05, 0.1) is 5.69 Å². The first kappa shape index (κ1) is 21.9. The van der Waals surface area contributed by atoms with Crippen LogP contribution in [0.25, 0.3) is 53.9 Å². The lowest BCUT2D eigenvalue weighted by atomic mass is 9.96. The largest absolute Gasteiger partial charge is 0.310 e. The number of fused-ring (bicyclic) bond motifs is 6. The minimum absolute atomic E-state index is 1.15. The van der Waals surface area contributed by atoms with Crippen LogP contribution < -0.4 is 4.90 Å². The van der Waals surface area contributed by atoms with Crippen LogP contribution in [0.15, 0.2) is 152 Å². The highest BCUT2D eigenvalue weighted by Crippen LogP contribution is 2.43. The lowest BCUT2D eigenvalue weighted by Crippen LogP contribution is -2.10. The quantitative estimate of drug-likeness (QED) is 0.174. The summed E-state index contributed by atoms with van der Waals surface area (Å²) < 4.78 is 0. The van der Waals surface area contributed by atoms with Crippen LogP contribution in [-0.2, 0) is 0 Å². The topological polar surface area (TPSA) is 3.24 Å². The van der Waals surface area contributed by atoms with Crippen molar-refractivity contribution < 1.29 is 0 Å². The molecule has 0 spiro atoms. The zero-order valence-electron chi connectivity index (χ0n) is 21.4. The van der Waals surface area contributed by atoms with Gasteiger partial charge in [-0.15, -0.1) is 0 Å². The molecule has 0 fully saturated rings. The van der Waals surface area contributed by atoms with E-state index >= 15 is 0 Å². The van der Waals surface area contributed by atoms with Gasteiger partial charge in [-0.1, -0.05) is 109 Å². The molecule has 8 aromatic carbocycles. The molecule has 39 heavy (non-hydrogen) atoms. The number of hydrogen-bond donors (Lipinski definition) is 0. The lowest BCUT2D eigenvalue weighted by Gasteiger charge is -2.28. The van der Waals surface area contributed by atoms with Crippen molar-refractivity contribution in [2.75, 3.05) is 4.90 Å². The van der Waals surface area contributed by atoms with Gasteiger partial charge in [0.2, 0.25) is 0 Å². The molecule has 0 atom stereocenters. The Kier molecular flexibility index (Phi) is 4.89. The smallest absolute Gasteiger partial charge is 0.0546 e. The van der Waals surface area contributed by atoms with Crippen LogP contribution in [0.4, 0.5) is 17.1 Å². The van der Waals surface area contributed by atoms with Crippen molar-refractivity contribution >= 4 is 70.9 Å². The van der Waals surface area contributed by atoms with E-state index in [0.29, 0.717) is 0 Å². The van der Waals surface area contributed by atoms with E-state index in [1.54, 1.807) is 0 Å². The number of nitrogens with zero attached hydrogens (tertiary/aromatic N) is 1. The van der Waals surface area contributed by atoms with Gasteiger partial charge in [0.1, 0.15) is 0 Å². The third kappa shape index (κ3) is 3.63. The van der Waals surface area contributed by atoms with Gasteiger partial charge in [0.25, 0.3) is 0 Å². The Hall–Kier alpha value is -5.14. The average Bonchev–Trinajstić information content (AvgIpc) is 3.00. The Balaban J connectivity index is 1.47. The maximum absolute atomic E-state index is 2.43. The molecule has 0 saturated carbocycles. The SMILES string of the molecule is c1ccc2cc(N(c3ccc4ccccc4c3)c3cc4cc5ccccc5cc4c4ccccc34)ccc2c1. The summed E-state index contributed by atoms with van der Waals surface area (Å²) in [7, 11) is 0. The van der Waals surface area contributed by atoms with E-state index in [1.807, 2.05) is 0 Å². The first-order valence-electron chi connectivity index (χ1n) is 13.4. The van der Waals surface area contributed by atoms with Crippen LogP contribution in [0, 0.1) is 0 Å². The van der Waals surface area contributed by atoms with Gasteiger partial charge < -0.3 is 4.90 Å². The van der Waals surface area contributed by atoms with Crippen molar-refractivity contribution in [1.82, 2.24) is 0 Å². The molecule has 0 saturated heterocycles. The monoisotopic (exact) mass is 495 g/mol. The molecule has 1 nitrogen and oxygen atoms in total. The third-order valence-corrected chi connectivity index (χ3v) is 7.93. The maximum Gasteiger partial charge on any atom is 0.0546 e. The summed E-state index contributed by atoms with van der Waals surface area (Å²) in [5.74, 6) is 0. The fourth-order valence-electron chi connectivity index (χ4n) is 6.02. The molecule has 0 aliphatic rings. The first-order valence-corrected chi connectivity index (χ1v) is 13.4. The molecule has 0 bridgehead atoms. The molecule has 0 N–H and O–H groups in total. The van der Waals surface area contributed by atoms with Crippen LogP contribution in [0.3, 0.4) is 0 Å². The second-order valence-electron chi connectivity index (χ2n) is 10.3. The standard InChI is InChI=1S/C38H25N/c1-3-12-29-22-33(19-17-26(29)9-1)39(34-20-18-27-10-2-4-13-30(27)23-34)38-25-32-21-28-11-5-6-14-31(28)24-37(32)35-15-7-8-16-36(35)38/h1-25H. The van der Waals surface area contributed by atoms with Gasteiger partial charge in [-0.3, -0.25) is 0 Å². The van der Waals surface area contributed by atoms with Crippen molar-refractivity contribution in [3.8, 4) is 0 Å². The Labute approximate surface area is 227 Å². The van der Waals surface area contributed by atoms with Gasteiger partial charge in [0, 0.05) is 16.8 Å². The van der Waals surface area contributed by atoms with Gasteiger partial charge in [-0.2, -0.15) is 0 Å². The van der Waals surface area contributed by atoms with E-state index in [2.05, 4.69) is 157 Å². The lowest BCUT2D eigenvalue weighted by molar-refractivity contribution is 1.31. The molecule has 0 heterocycles. The van der Waals surface area contributed by atoms with Crippen molar-refractivity contribution in [2.45, 2.75) is 0 Å². The summed E-state index contributed by atoms with van der Waals surface area (Å²) in [6.07, 6.45) is 0. The first-order chi connectivity index (χ1) is 19.3. The third-order valence-electron chi connectivity index (χ3n) is 7.93. The van der Waals surface area contributed by atoms with Gasteiger partial charge in [-0.05, 0) is 90.9 Å². The molecular weight excluding hydrogens is 470 g/mol. The van der Waals surface area contributed by atoms with Crippen LogP contribution in [0.2, 0.25) is 0 Å². The van der Waals surface area contributed by atoms with Crippen molar-refractivity contribution in [1.29, 1.82) is 0 Å². The summed E-state index contributed by atoms with van der Waals surface area (Å²) in [6, 6.07) is 55.3. The van der Waals surface area contributed by atoms with E-state index < -0.39 is 0 Å². The molecule has 0 unspecified atom stereocenters. The molecule has 0 aromatic heterocycles. The highest BCUT2D eigenvalue weighted by atomic mass is 15.1. The predicted molar refractivity (Wildman–Crippen MR) is 169 cm³/mol. The van der Waals surface area contributed by atoms with Crippen LogP contribution >= 0.6 is 0 Å². The number of hydrogen-bond acceptors (Lipinski definition) is 1. The highest BCUT2D eigenvalue weighted by Gasteiger charge is 2.18. The van der Waals surface area contributed by atoms with Crippen molar-refractivity contribution in [3.63, 3.8) is 0 Å². The maximum atomic E-state index is 2.43. The minimum Gasteiger partial charge on any atom is -0.310 e. The van der Waals surface area contributed by atoms with E-state index in [0.717, 1.165) is 11.4 Å². The van der Waals surface area contributed by atoms with Gasteiger partial charge >= 0.3 is 0 Å². The molecule has 8 aromatic rings. The fourth-order valence-corrected chi connectivity index (χ4v) is 6.02. The summed E-state index contributed by atoms with van der Waals surface area (Å²) in [4.78, 5) is 2.43. The Bertz CT molecular complexity index is 2110. The zero-order valence-corrected chi connectivity index (χ0v) is 21.4. The molecule has 1 heteroatoms. The van der Waals surface area contributed by atoms with Gasteiger partial charge in [-0.25, -0.2) is 0 Å². The molecule has 8 rings (SSSR count). The van der Waals surface area contributed by atoms with E-state index in [4.69, 9.17) is 0 Å². The van der Waals surface area contributed by atoms with Crippen LogP contribution in [-0.4, -0.2) is 0 Å². The summed E-state index contributed by atoms with van der Waals surface area (Å²) in [6.45, 7) is 0. The average molecular weight is 496 g/mol. The summed E-state index contributed by atoms with van der Waals surface area (Å²) in [5.41, 5.74) is 3.47. The van der Waals surface area contributed by atoms with Crippen LogP contribution in [0.1, 0.15) is 0 Å². The molecule has 0 radical (unpaired) electrons. The minimum atomic E-state index is 1.15. The molecule has 0 aliphatic carbocycles. The molecule has 0 aliphatic heterocycles. The Morgan fingerprint density at radius 1 is 0.282 bits per heavy atom. The Morgan fingerprint density at radius 3 is 1.33 bits per heavy atom. The van der Waals surface area contributed by atoms with Crippen LogP contribution in [0.5, 0.6) is 0 Å². The Morgan fingerprint density at radius 2 is 0.744 bits per heavy atom. The number of benzene rings is 8. The van der Waals surface area contributed by atoms with Crippen molar-refractivity contribution in [2.24, 2.45) is 0 Å². The van der Waals surface area contributed by atoms with Crippen molar-refractivity contribution in [3.05, 3.63) is 152 Å². The summed E-state index contributed by atoms with van der Waals surface area (Å²) in [5, 5.41) is 12.5. The molecular formula is C38H25N. The highest BCUT2D eigenvalue weighted by molar-refractivity contribution is 6.17. The van der Waals surface area contributed by atoms with Gasteiger partial charge in [0.15, 0.2) is 0 Å². The second-order valence-corrected chi connectivity index (χ2v) is 10.3. The fraction of sp³-hybridized carbons (Fsp3) is 0. The van der Waals surface area contributed by atoms with E-state index in [9.17, 15) is 0 Å². The molecule has 182 valence electrons.